The fraction of sp³-hybridized carbons (Fsp3) is 0.633. The van der Waals surface area contributed by atoms with Gasteiger partial charge in [0.25, 0.3) is 0 Å². The van der Waals surface area contributed by atoms with Gasteiger partial charge in [-0.25, -0.2) is 9.98 Å². The lowest BCUT2D eigenvalue weighted by Gasteiger charge is -2.47. The predicted octanol–water partition coefficient (Wildman–Crippen LogP) is 7.29. The predicted molar refractivity (Wildman–Crippen MR) is 153 cm³/mol. The lowest BCUT2D eigenvalue weighted by molar-refractivity contribution is -0.0785. The molecule has 3 aliphatic heterocycles. The average molecular weight is 511 g/mol. The van der Waals surface area contributed by atoms with E-state index in [1.807, 2.05) is 32.2 Å². The van der Waals surface area contributed by atoms with E-state index in [2.05, 4.69) is 67.5 Å². The van der Waals surface area contributed by atoms with Crippen molar-refractivity contribution >= 4 is 17.9 Å². The second-order valence-electron chi connectivity index (χ2n) is 11.4. The van der Waals surface area contributed by atoms with Crippen molar-refractivity contribution in [3.63, 3.8) is 0 Å². The minimum absolute atomic E-state index is 0.0467. The molecule has 0 amide bonds. The molecule has 37 heavy (non-hydrogen) atoms. The van der Waals surface area contributed by atoms with Crippen LogP contribution in [0.25, 0.3) is 0 Å². The quantitative estimate of drug-likeness (QED) is 0.322. The number of ether oxygens (including phenoxy) is 3. The molecule has 204 valence electrons. The van der Waals surface area contributed by atoms with Crippen molar-refractivity contribution in [1.29, 1.82) is 0 Å². The average Bonchev–Trinajstić information content (AvgIpc) is 3.15. The maximum atomic E-state index is 6.64. The molecule has 2 atom stereocenters. The summed E-state index contributed by atoms with van der Waals surface area (Å²) >= 11 is 0. The summed E-state index contributed by atoms with van der Waals surface area (Å²) in [5.41, 5.74) is 1.56. The molecule has 7 nitrogen and oxygen atoms in total. The van der Waals surface area contributed by atoms with E-state index >= 15 is 0 Å². The number of hydrogen-bond donors (Lipinski definition) is 0. The number of likely N-dealkylation sites (tertiary alicyclic amines) is 1. The van der Waals surface area contributed by atoms with Crippen LogP contribution in [0, 0.1) is 5.41 Å². The van der Waals surface area contributed by atoms with Crippen LogP contribution >= 0.6 is 0 Å². The molecule has 0 aromatic heterocycles. The van der Waals surface area contributed by atoms with Gasteiger partial charge in [-0.15, -0.1) is 0 Å². The van der Waals surface area contributed by atoms with Gasteiger partial charge in [0.15, 0.2) is 5.88 Å². The Balaban J connectivity index is 1.71. The lowest BCUT2D eigenvalue weighted by atomic mass is 9.77. The van der Waals surface area contributed by atoms with Gasteiger partial charge < -0.3 is 19.1 Å². The van der Waals surface area contributed by atoms with E-state index in [9.17, 15) is 0 Å². The van der Waals surface area contributed by atoms with Crippen molar-refractivity contribution in [1.82, 2.24) is 4.90 Å². The van der Waals surface area contributed by atoms with Gasteiger partial charge in [0.2, 0.25) is 11.8 Å². The van der Waals surface area contributed by atoms with Crippen molar-refractivity contribution < 1.29 is 14.2 Å². The lowest BCUT2D eigenvalue weighted by Crippen LogP contribution is -2.51. The molecule has 3 rings (SSSR count). The molecule has 0 N–H and O–H groups in total. The summed E-state index contributed by atoms with van der Waals surface area (Å²) in [6.07, 6.45) is 15.0. The van der Waals surface area contributed by atoms with E-state index in [4.69, 9.17) is 14.2 Å². The number of hydrogen-bond acceptors (Lipinski definition) is 7. The van der Waals surface area contributed by atoms with E-state index in [0.717, 1.165) is 68.1 Å². The molecule has 0 bridgehead atoms. The number of piperidine rings is 1. The van der Waals surface area contributed by atoms with Gasteiger partial charge in [0, 0.05) is 31.1 Å². The van der Waals surface area contributed by atoms with E-state index in [-0.39, 0.29) is 17.1 Å². The van der Waals surface area contributed by atoms with Crippen LogP contribution in [-0.2, 0) is 14.2 Å². The zero-order valence-corrected chi connectivity index (χ0v) is 24.1. The van der Waals surface area contributed by atoms with Crippen LogP contribution in [0.4, 0.5) is 0 Å². The highest BCUT2D eigenvalue weighted by molar-refractivity contribution is 6.00. The van der Waals surface area contributed by atoms with Crippen LogP contribution < -0.4 is 0 Å². The monoisotopic (exact) mass is 510 g/mol. The van der Waals surface area contributed by atoms with Gasteiger partial charge in [-0.05, 0) is 71.6 Å². The Bertz CT molecular complexity index is 1030. The van der Waals surface area contributed by atoms with Crippen LogP contribution in [0.15, 0.2) is 62.5 Å². The van der Waals surface area contributed by atoms with Crippen LogP contribution in [0.3, 0.4) is 0 Å². The molecule has 0 aromatic carbocycles. The highest BCUT2D eigenvalue weighted by Gasteiger charge is 2.42. The standard InChI is InChI=1S/C30H46N4O3/c1-9-11-15-27(37-29(5,6)7)34-18-16-25(30(8,10-2)20-34)36-28-22(3)19-26(32-21-33-28)35-24-14-12-13-17-31-23(24)4/h13-15,17,21,25H,9-12,16,18-20H2,1-8H3. The van der Waals surface area contributed by atoms with E-state index < -0.39 is 0 Å². The molecule has 1 fully saturated rings. The first kappa shape index (κ1) is 28.7. The summed E-state index contributed by atoms with van der Waals surface area (Å²) in [4.78, 5) is 15.8. The second kappa shape index (κ2) is 12.6. The first-order valence-electron chi connectivity index (χ1n) is 13.7. The minimum atomic E-state index is -0.236. The molecule has 0 radical (unpaired) electrons. The molecule has 7 heteroatoms. The van der Waals surface area contributed by atoms with E-state index in [1.165, 1.54) is 0 Å². The SMILES string of the molecule is CCCC=C(OC(C)(C)C)N1CCC(OC2=C(C)CC(OC3=CCC=CN=C3C)=NC=N2)C(C)(CC)C1. The smallest absolute Gasteiger partial charge is 0.214 e. The minimum Gasteiger partial charge on any atom is -0.474 e. The molecule has 2 unspecified atom stereocenters. The Kier molecular flexibility index (Phi) is 9.80. The van der Waals surface area contributed by atoms with Gasteiger partial charge in [-0.1, -0.05) is 33.3 Å². The van der Waals surface area contributed by atoms with Crippen LogP contribution in [0.5, 0.6) is 0 Å². The maximum absolute atomic E-state index is 6.64. The number of unbranched alkanes of at least 4 members (excludes halogenated alkanes) is 1. The Labute approximate surface area is 223 Å². The van der Waals surface area contributed by atoms with E-state index in [0.29, 0.717) is 18.2 Å². The van der Waals surface area contributed by atoms with Gasteiger partial charge in [0.1, 0.15) is 23.8 Å². The summed E-state index contributed by atoms with van der Waals surface area (Å²) in [6, 6.07) is 0. The van der Waals surface area contributed by atoms with Crippen molar-refractivity contribution in [2.24, 2.45) is 20.4 Å². The molecular formula is C30H46N4O3. The van der Waals surface area contributed by atoms with Crippen molar-refractivity contribution in [2.75, 3.05) is 13.1 Å². The first-order valence-corrected chi connectivity index (χ1v) is 13.7. The second-order valence-corrected chi connectivity index (χ2v) is 11.4. The Morgan fingerprint density at radius 2 is 2.00 bits per heavy atom. The van der Waals surface area contributed by atoms with Crippen molar-refractivity contribution in [3.05, 3.63) is 47.5 Å². The van der Waals surface area contributed by atoms with Crippen LogP contribution in [0.1, 0.15) is 93.9 Å². The summed E-state index contributed by atoms with van der Waals surface area (Å²) in [7, 11) is 0. The summed E-state index contributed by atoms with van der Waals surface area (Å²) in [5.74, 6) is 2.98. The third-order valence-corrected chi connectivity index (χ3v) is 6.94. The Morgan fingerprint density at radius 1 is 1.22 bits per heavy atom. The van der Waals surface area contributed by atoms with Crippen LogP contribution in [-0.4, -0.2) is 47.6 Å². The van der Waals surface area contributed by atoms with E-state index in [1.54, 1.807) is 6.34 Å². The molecule has 0 aliphatic carbocycles. The Morgan fingerprint density at radius 3 is 2.70 bits per heavy atom. The van der Waals surface area contributed by atoms with Crippen LogP contribution in [0.2, 0.25) is 0 Å². The van der Waals surface area contributed by atoms with Crippen molar-refractivity contribution in [3.8, 4) is 0 Å². The molecule has 0 spiro atoms. The molecule has 0 saturated carbocycles. The molecule has 1 saturated heterocycles. The fourth-order valence-corrected chi connectivity index (χ4v) is 4.57. The summed E-state index contributed by atoms with van der Waals surface area (Å²) in [6.45, 7) is 18.8. The van der Waals surface area contributed by atoms with Gasteiger partial charge in [-0.2, -0.15) is 0 Å². The highest BCUT2D eigenvalue weighted by atomic mass is 16.5. The summed E-state index contributed by atoms with van der Waals surface area (Å²) < 4.78 is 19.2. The zero-order valence-electron chi connectivity index (χ0n) is 24.1. The van der Waals surface area contributed by atoms with Crippen molar-refractivity contribution in [2.45, 2.75) is 106 Å². The van der Waals surface area contributed by atoms with Gasteiger partial charge in [0.05, 0.1) is 12.1 Å². The largest absolute Gasteiger partial charge is 0.474 e. The molecule has 3 aliphatic rings. The first-order chi connectivity index (χ1) is 17.5. The normalized spacial score (nSPS) is 25.2. The topological polar surface area (TPSA) is 68.0 Å². The number of allylic oxidation sites excluding steroid dienone is 4. The molecule has 0 aromatic rings. The van der Waals surface area contributed by atoms with Gasteiger partial charge >= 0.3 is 0 Å². The Hall–Kier alpha value is -2.83. The summed E-state index contributed by atoms with van der Waals surface area (Å²) in [5, 5.41) is 0. The number of rotatable bonds is 8. The third-order valence-electron chi connectivity index (χ3n) is 6.94. The number of aliphatic imine (C=N–C) groups is 3. The molecule has 3 heterocycles. The highest BCUT2D eigenvalue weighted by Crippen LogP contribution is 2.39. The fourth-order valence-electron chi connectivity index (χ4n) is 4.57. The molecular weight excluding hydrogens is 464 g/mol. The van der Waals surface area contributed by atoms with Gasteiger partial charge in [-0.3, -0.25) is 4.99 Å². The third kappa shape index (κ3) is 8.08. The zero-order chi connectivity index (χ0) is 27.1. The maximum Gasteiger partial charge on any atom is 0.214 e. The number of nitrogens with zero attached hydrogens (tertiary/aromatic N) is 4.